The van der Waals surface area contributed by atoms with E-state index >= 15 is 0 Å². The third-order valence-corrected chi connectivity index (χ3v) is 5.26. The summed E-state index contributed by atoms with van der Waals surface area (Å²) in [5, 5.41) is 0. The average Bonchev–Trinajstić information content (AvgIpc) is 3.10. The van der Waals surface area contributed by atoms with Gasteiger partial charge in [-0.2, -0.15) is 0 Å². The highest BCUT2D eigenvalue weighted by Crippen LogP contribution is 2.36. The van der Waals surface area contributed by atoms with Gasteiger partial charge in [-0.25, -0.2) is 17.5 Å². The summed E-state index contributed by atoms with van der Waals surface area (Å²) in [6.07, 6.45) is 2.24. The van der Waals surface area contributed by atoms with E-state index in [0.29, 0.717) is 12.5 Å². The molecule has 1 N–H and O–H groups in total. The lowest BCUT2D eigenvalue weighted by Crippen LogP contribution is -2.31. The SMILES string of the molecule is O=S(=O)(NCC(Br)C1CC1)c1ccccc1F. The van der Waals surface area contributed by atoms with E-state index in [4.69, 9.17) is 0 Å². The number of benzene rings is 1. The molecule has 2 rings (SSSR count). The lowest BCUT2D eigenvalue weighted by atomic mass is 10.3. The molecule has 0 aliphatic heterocycles. The van der Waals surface area contributed by atoms with Crippen LogP contribution in [0.2, 0.25) is 0 Å². The van der Waals surface area contributed by atoms with Gasteiger partial charge in [0.1, 0.15) is 10.7 Å². The summed E-state index contributed by atoms with van der Waals surface area (Å²) in [6.45, 7) is 0.293. The van der Waals surface area contributed by atoms with Crippen molar-refractivity contribution < 1.29 is 12.8 Å². The number of rotatable bonds is 5. The van der Waals surface area contributed by atoms with Gasteiger partial charge in [0, 0.05) is 11.4 Å². The minimum Gasteiger partial charge on any atom is -0.210 e. The molecule has 0 bridgehead atoms. The third kappa shape index (κ3) is 3.26. The Kier molecular flexibility index (Phi) is 3.85. The Hall–Kier alpha value is -0.460. The zero-order valence-electron chi connectivity index (χ0n) is 9.07. The predicted molar refractivity (Wildman–Crippen MR) is 67.0 cm³/mol. The molecule has 1 aliphatic carbocycles. The van der Waals surface area contributed by atoms with E-state index in [1.54, 1.807) is 0 Å². The first kappa shape index (κ1) is 13.0. The van der Waals surface area contributed by atoms with Gasteiger partial charge in [-0.05, 0) is 30.9 Å². The van der Waals surface area contributed by atoms with Crippen LogP contribution in [-0.4, -0.2) is 19.8 Å². The molecule has 1 aromatic carbocycles. The highest BCUT2D eigenvalue weighted by atomic mass is 79.9. The summed E-state index contributed by atoms with van der Waals surface area (Å²) in [5.74, 6) is -0.184. The van der Waals surface area contributed by atoms with E-state index in [-0.39, 0.29) is 9.72 Å². The summed E-state index contributed by atoms with van der Waals surface area (Å²) in [6, 6.07) is 5.37. The first-order chi connectivity index (χ1) is 8.00. The van der Waals surface area contributed by atoms with Crippen molar-refractivity contribution in [3.63, 3.8) is 0 Å². The Labute approximate surface area is 109 Å². The first-order valence-electron chi connectivity index (χ1n) is 5.39. The van der Waals surface area contributed by atoms with Crippen LogP contribution in [0.3, 0.4) is 0 Å². The van der Waals surface area contributed by atoms with E-state index in [1.807, 2.05) is 0 Å². The maximum absolute atomic E-state index is 13.3. The molecular formula is C11H13BrFNO2S. The molecule has 0 amide bonds. The van der Waals surface area contributed by atoms with Crippen molar-refractivity contribution in [3.8, 4) is 0 Å². The molecule has 0 heterocycles. The van der Waals surface area contributed by atoms with Gasteiger partial charge >= 0.3 is 0 Å². The molecule has 94 valence electrons. The second-order valence-electron chi connectivity index (χ2n) is 4.14. The van der Waals surface area contributed by atoms with Gasteiger partial charge in [0.2, 0.25) is 10.0 Å². The third-order valence-electron chi connectivity index (χ3n) is 2.73. The van der Waals surface area contributed by atoms with Gasteiger partial charge in [0.25, 0.3) is 0 Å². The fourth-order valence-corrected chi connectivity index (χ4v) is 3.60. The van der Waals surface area contributed by atoms with Crippen LogP contribution < -0.4 is 4.72 Å². The molecule has 3 nitrogen and oxygen atoms in total. The van der Waals surface area contributed by atoms with Crippen LogP contribution >= 0.6 is 15.9 Å². The molecular weight excluding hydrogens is 309 g/mol. The highest BCUT2D eigenvalue weighted by Gasteiger charge is 2.30. The Balaban J connectivity index is 2.05. The fourth-order valence-electron chi connectivity index (χ4n) is 1.55. The van der Waals surface area contributed by atoms with Gasteiger partial charge < -0.3 is 0 Å². The molecule has 0 radical (unpaired) electrons. The van der Waals surface area contributed by atoms with Gasteiger partial charge in [0.05, 0.1) is 0 Å². The van der Waals surface area contributed by atoms with E-state index in [0.717, 1.165) is 18.9 Å². The van der Waals surface area contributed by atoms with Gasteiger partial charge in [-0.1, -0.05) is 28.1 Å². The van der Waals surface area contributed by atoms with Crippen LogP contribution in [0.25, 0.3) is 0 Å². The van der Waals surface area contributed by atoms with Crippen molar-refractivity contribution in [2.45, 2.75) is 22.6 Å². The molecule has 17 heavy (non-hydrogen) atoms. The average molecular weight is 322 g/mol. The smallest absolute Gasteiger partial charge is 0.210 e. The van der Waals surface area contributed by atoms with Crippen LogP contribution in [0, 0.1) is 11.7 Å². The Bertz CT molecular complexity index is 502. The van der Waals surface area contributed by atoms with Crippen molar-refractivity contribution >= 4 is 26.0 Å². The Morgan fingerprint density at radius 3 is 2.65 bits per heavy atom. The second kappa shape index (κ2) is 5.04. The molecule has 1 aromatic rings. The van der Waals surface area contributed by atoms with Crippen LogP contribution in [0.15, 0.2) is 29.2 Å². The monoisotopic (exact) mass is 321 g/mol. The van der Waals surface area contributed by atoms with Crippen LogP contribution in [-0.2, 0) is 10.0 Å². The largest absolute Gasteiger partial charge is 0.243 e. The maximum atomic E-state index is 13.3. The topological polar surface area (TPSA) is 46.2 Å². The molecule has 0 spiro atoms. The summed E-state index contributed by atoms with van der Waals surface area (Å²) >= 11 is 3.43. The van der Waals surface area contributed by atoms with E-state index < -0.39 is 15.8 Å². The molecule has 1 aliphatic rings. The van der Waals surface area contributed by atoms with Gasteiger partial charge in [-0.15, -0.1) is 0 Å². The quantitative estimate of drug-likeness (QED) is 0.846. The molecule has 1 saturated carbocycles. The minimum absolute atomic E-state index is 0.129. The van der Waals surface area contributed by atoms with E-state index in [2.05, 4.69) is 20.7 Å². The molecule has 1 atom stereocenters. The second-order valence-corrected chi connectivity index (χ2v) is 7.05. The Morgan fingerprint density at radius 1 is 1.41 bits per heavy atom. The number of nitrogens with one attached hydrogen (secondary N) is 1. The van der Waals surface area contributed by atoms with Crippen molar-refractivity contribution in [1.82, 2.24) is 4.72 Å². The molecule has 6 heteroatoms. The van der Waals surface area contributed by atoms with Gasteiger partial charge in [0.15, 0.2) is 0 Å². The maximum Gasteiger partial charge on any atom is 0.243 e. The standard InChI is InChI=1S/C11H13BrFNO2S/c12-9(8-5-6-8)7-14-17(15,16)11-4-2-1-3-10(11)13/h1-4,8-9,14H,5-7H2. The van der Waals surface area contributed by atoms with E-state index in [1.165, 1.54) is 18.2 Å². The zero-order valence-corrected chi connectivity index (χ0v) is 11.5. The number of alkyl halides is 1. The predicted octanol–water partition coefficient (Wildman–Crippen LogP) is 2.28. The molecule has 0 saturated heterocycles. The number of hydrogen-bond donors (Lipinski definition) is 1. The zero-order chi connectivity index (χ0) is 12.5. The number of hydrogen-bond acceptors (Lipinski definition) is 2. The first-order valence-corrected chi connectivity index (χ1v) is 7.79. The molecule has 0 aromatic heterocycles. The summed E-state index contributed by atoms with van der Waals surface area (Å²) < 4.78 is 39.4. The summed E-state index contributed by atoms with van der Waals surface area (Å²) in [5.41, 5.74) is 0. The Morgan fingerprint density at radius 2 is 2.06 bits per heavy atom. The normalized spacial score (nSPS) is 18.0. The van der Waals surface area contributed by atoms with Crippen LogP contribution in [0.1, 0.15) is 12.8 Å². The van der Waals surface area contributed by atoms with Crippen molar-refractivity contribution in [1.29, 1.82) is 0 Å². The summed E-state index contributed by atoms with van der Waals surface area (Å²) in [4.78, 5) is -0.167. The lowest BCUT2D eigenvalue weighted by molar-refractivity contribution is 0.555. The summed E-state index contributed by atoms with van der Waals surface area (Å²) in [7, 11) is -3.75. The van der Waals surface area contributed by atoms with Crippen molar-refractivity contribution in [2.75, 3.05) is 6.54 Å². The van der Waals surface area contributed by atoms with Crippen LogP contribution in [0.5, 0.6) is 0 Å². The van der Waals surface area contributed by atoms with E-state index in [9.17, 15) is 12.8 Å². The highest BCUT2D eigenvalue weighted by molar-refractivity contribution is 9.09. The van der Waals surface area contributed by atoms with Gasteiger partial charge in [-0.3, -0.25) is 0 Å². The minimum atomic E-state index is -3.75. The fraction of sp³-hybridized carbons (Fsp3) is 0.455. The number of sulfonamides is 1. The lowest BCUT2D eigenvalue weighted by Gasteiger charge is -2.11. The molecule has 1 unspecified atom stereocenters. The number of halogens is 2. The van der Waals surface area contributed by atoms with Crippen molar-refractivity contribution in [3.05, 3.63) is 30.1 Å². The van der Waals surface area contributed by atoms with Crippen LogP contribution in [0.4, 0.5) is 4.39 Å². The molecule has 1 fully saturated rings. The van der Waals surface area contributed by atoms with Crippen molar-refractivity contribution in [2.24, 2.45) is 5.92 Å².